The molecule has 0 saturated heterocycles. The molecular weight excluding hydrogens is 292 g/mol. The van der Waals surface area contributed by atoms with Crippen LogP contribution in [0.25, 0.3) is 0 Å². The second kappa shape index (κ2) is 7.62. The molecule has 1 heterocycles. The summed E-state index contributed by atoms with van der Waals surface area (Å²) in [7, 11) is 0. The summed E-state index contributed by atoms with van der Waals surface area (Å²) in [6, 6.07) is 1.83. The summed E-state index contributed by atoms with van der Waals surface area (Å²) in [5.74, 6) is 0.452. The molecule has 2 fully saturated rings. The molecule has 0 unspecified atom stereocenters. The first kappa shape index (κ1) is 16.0. The van der Waals surface area contributed by atoms with Crippen LogP contribution in [0, 0.1) is 0 Å². The van der Waals surface area contributed by atoms with E-state index in [1.807, 2.05) is 0 Å². The normalized spacial score (nSPS) is 19.1. The standard InChI is InChI=1S/C17H26N4O2/c22-16-11-15(13-5-1-2-6-13)19-12-21(16)10-9-18-17(23)20-14-7-3-4-8-14/h11-14H,1-10H2,(H2,18,20,23). The van der Waals surface area contributed by atoms with Crippen LogP contribution in [0.3, 0.4) is 0 Å². The Morgan fingerprint density at radius 1 is 1.17 bits per heavy atom. The maximum absolute atomic E-state index is 12.1. The molecule has 23 heavy (non-hydrogen) atoms. The number of carbonyl (C=O) groups excluding carboxylic acids is 1. The Bertz CT molecular complexity index is 587. The van der Waals surface area contributed by atoms with Crippen LogP contribution in [0.15, 0.2) is 17.2 Å². The van der Waals surface area contributed by atoms with E-state index in [1.54, 1.807) is 17.0 Å². The lowest BCUT2D eigenvalue weighted by molar-refractivity contribution is 0.236. The van der Waals surface area contributed by atoms with Gasteiger partial charge in [-0.3, -0.25) is 9.36 Å². The van der Waals surface area contributed by atoms with Gasteiger partial charge >= 0.3 is 6.03 Å². The van der Waals surface area contributed by atoms with Gasteiger partial charge in [0.05, 0.1) is 12.0 Å². The van der Waals surface area contributed by atoms with Crippen molar-refractivity contribution < 1.29 is 4.79 Å². The van der Waals surface area contributed by atoms with Crippen molar-refractivity contribution in [1.29, 1.82) is 0 Å². The van der Waals surface area contributed by atoms with Crippen LogP contribution in [0.5, 0.6) is 0 Å². The summed E-state index contributed by atoms with van der Waals surface area (Å²) in [6.07, 6.45) is 10.9. The number of hydrogen-bond donors (Lipinski definition) is 2. The van der Waals surface area contributed by atoms with E-state index in [9.17, 15) is 9.59 Å². The fourth-order valence-electron chi connectivity index (χ4n) is 3.65. The Balaban J connectivity index is 1.46. The number of urea groups is 1. The highest BCUT2D eigenvalue weighted by atomic mass is 16.2. The van der Waals surface area contributed by atoms with Gasteiger partial charge in [0.2, 0.25) is 0 Å². The Hall–Kier alpha value is -1.85. The van der Waals surface area contributed by atoms with Gasteiger partial charge in [-0.25, -0.2) is 9.78 Å². The van der Waals surface area contributed by atoms with Gasteiger partial charge in [0, 0.05) is 31.1 Å². The molecule has 1 aromatic rings. The molecule has 0 bridgehead atoms. The molecule has 0 aromatic carbocycles. The second-order valence-electron chi connectivity index (χ2n) is 6.71. The third-order valence-electron chi connectivity index (χ3n) is 5.00. The third-order valence-corrected chi connectivity index (χ3v) is 5.00. The predicted octanol–water partition coefficient (Wildman–Crippen LogP) is 2.14. The highest BCUT2D eigenvalue weighted by molar-refractivity contribution is 5.74. The quantitative estimate of drug-likeness (QED) is 0.873. The zero-order chi connectivity index (χ0) is 16.1. The second-order valence-corrected chi connectivity index (χ2v) is 6.71. The largest absolute Gasteiger partial charge is 0.336 e. The molecule has 0 radical (unpaired) electrons. The number of nitrogens with zero attached hydrogens (tertiary/aromatic N) is 2. The van der Waals surface area contributed by atoms with Gasteiger partial charge in [0.15, 0.2) is 0 Å². The van der Waals surface area contributed by atoms with Crippen LogP contribution in [0.4, 0.5) is 4.79 Å². The lowest BCUT2D eigenvalue weighted by atomic mass is 10.0. The molecule has 3 rings (SSSR count). The Kier molecular flexibility index (Phi) is 5.31. The van der Waals surface area contributed by atoms with Crippen molar-refractivity contribution in [2.24, 2.45) is 0 Å². The fraction of sp³-hybridized carbons (Fsp3) is 0.706. The fourth-order valence-corrected chi connectivity index (χ4v) is 3.65. The lowest BCUT2D eigenvalue weighted by Gasteiger charge is -2.14. The van der Waals surface area contributed by atoms with Crippen molar-refractivity contribution in [3.8, 4) is 0 Å². The molecule has 2 amide bonds. The van der Waals surface area contributed by atoms with Gasteiger partial charge < -0.3 is 10.6 Å². The first-order valence-electron chi connectivity index (χ1n) is 8.83. The Morgan fingerprint density at radius 3 is 2.57 bits per heavy atom. The topological polar surface area (TPSA) is 76.0 Å². The van der Waals surface area contributed by atoms with Crippen molar-refractivity contribution >= 4 is 6.03 Å². The monoisotopic (exact) mass is 318 g/mol. The van der Waals surface area contributed by atoms with Crippen molar-refractivity contribution in [3.63, 3.8) is 0 Å². The molecule has 1 aromatic heterocycles. The van der Waals surface area contributed by atoms with Crippen LogP contribution in [0.2, 0.25) is 0 Å². The summed E-state index contributed by atoms with van der Waals surface area (Å²) >= 11 is 0. The van der Waals surface area contributed by atoms with E-state index in [-0.39, 0.29) is 11.6 Å². The van der Waals surface area contributed by atoms with Crippen LogP contribution >= 0.6 is 0 Å². The highest BCUT2D eigenvalue weighted by Gasteiger charge is 2.19. The molecule has 2 aliphatic carbocycles. The Labute approximate surface area is 136 Å². The molecule has 2 saturated carbocycles. The summed E-state index contributed by atoms with van der Waals surface area (Å²) in [5, 5.41) is 5.79. The van der Waals surface area contributed by atoms with Crippen molar-refractivity contribution in [2.75, 3.05) is 6.54 Å². The number of carbonyl (C=O) groups is 1. The molecule has 2 aliphatic rings. The Morgan fingerprint density at radius 2 is 1.87 bits per heavy atom. The number of nitrogens with one attached hydrogen (secondary N) is 2. The highest BCUT2D eigenvalue weighted by Crippen LogP contribution is 2.32. The lowest BCUT2D eigenvalue weighted by Crippen LogP contribution is -2.42. The summed E-state index contributed by atoms with van der Waals surface area (Å²) in [5.41, 5.74) is 0.899. The van der Waals surface area contributed by atoms with E-state index < -0.39 is 0 Å². The minimum Gasteiger partial charge on any atom is -0.336 e. The third kappa shape index (κ3) is 4.33. The van der Waals surface area contributed by atoms with Crippen LogP contribution in [-0.4, -0.2) is 28.2 Å². The molecule has 2 N–H and O–H groups in total. The average Bonchev–Trinajstić information content (AvgIpc) is 3.22. The van der Waals surface area contributed by atoms with Gasteiger partial charge in [-0.05, 0) is 25.7 Å². The number of rotatable bonds is 5. The molecule has 0 aliphatic heterocycles. The minimum absolute atomic E-state index is 0.0279. The van der Waals surface area contributed by atoms with Gasteiger partial charge in [0.25, 0.3) is 5.56 Å². The number of amides is 2. The van der Waals surface area contributed by atoms with Gasteiger partial charge in [-0.2, -0.15) is 0 Å². The van der Waals surface area contributed by atoms with E-state index in [2.05, 4.69) is 15.6 Å². The number of aromatic nitrogens is 2. The van der Waals surface area contributed by atoms with Gasteiger partial charge in [0.1, 0.15) is 0 Å². The molecule has 6 heteroatoms. The maximum Gasteiger partial charge on any atom is 0.315 e. The van der Waals surface area contributed by atoms with Crippen LogP contribution in [0.1, 0.15) is 63.0 Å². The smallest absolute Gasteiger partial charge is 0.315 e. The SMILES string of the molecule is O=C(NCCn1cnc(C2CCCC2)cc1=O)NC1CCCC1. The first-order valence-corrected chi connectivity index (χ1v) is 8.83. The minimum atomic E-state index is -0.138. The van der Waals surface area contributed by atoms with Gasteiger partial charge in [-0.15, -0.1) is 0 Å². The van der Waals surface area contributed by atoms with Crippen molar-refractivity contribution in [3.05, 3.63) is 28.4 Å². The molecule has 126 valence electrons. The molecular formula is C17H26N4O2. The zero-order valence-electron chi connectivity index (χ0n) is 13.6. The number of hydrogen-bond acceptors (Lipinski definition) is 3. The van der Waals surface area contributed by atoms with E-state index >= 15 is 0 Å². The van der Waals surface area contributed by atoms with E-state index in [4.69, 9.17) is 0 Å². The summed E-state index contributed by atoms with van der Waals surface area (Å²) in [4.78, 5) is 28.4. The summed E-state index contributed by atoms with van der Waals surface area (Å²) in [6.45, 7) is 0.887. The van der Waals surface area contributed by atoms with E-state index in [0.717, 1.165) is 31.4 Å². The van der Waals surface area contributed by atoms with E-state index in [0.29, 0.717) is 25.0 Å². The zero-order valence-corrected chi connectivity index (χ0v) is 13.6. The van der Waals surface area contributed by atoms with Crippen molar-refractivity contribution in [2.45, 2.75) is 69.9 Å². The first-order chi connectivity index (χ1) is 11.2. The van der Waals surface area contributed by atoms with Crippen LogP contribution in [-0.2, 0) is 6.54 Å². The van der Waals surface area contributed by atoms with Crippen molar-refractivity contribution in [1.82, 2.24) is 20.2 Å². The van der Waals surface area contributed by atoms with Gasteiger partial charge in [-0.1, -0.05) is 25.7 Å². The van der Waals surface area contributed by atoms with E-state index in [1.165, 1.54) is 25.7 Å². The predicted molar refractivity (Wildman–Crippen MR) is 88.5 cm³/mol. The maximum atomic E-state index is 12.1. The molecule has 6 nitrogen and oxygen atoms in total. The summed E-state index contributed by atoms with van der Waals surface area (Å²) < 4.78 is 1.56. The van der Waals surface area contributed by atoms with Crippen LogP contribution < -0.4 is 16.2 Å². The average molecular weight is 318 g/mol. The molecule has 0 spiro atoms. The molecule has 0 atom stereocenters.